The Morgan fingerprint density at radius 2 is 1.71 bits per heavy atom. The van der Waals surface area contributed by atoms with Crippen molar-refractivity contribution in [2.24, 2.45) is 11.3 Å². The van der Waals surface area contributed by atoms with E-state index in [4.69, 9.17) is 0 Å². The van der Waals surface area contributed by atoms with Gasteiger partial charge in [-0.3, -0.25) is 19.0 Å². The summed E-state index contributed by atoms with van der Waals surface area (Å²) in [6.07, 6.45) is 9.06. The van der Waals surface area contributed by atoms with E-state index in [1.807, 2.05) is 6.92 Å². The summed E-state index contributed by atoms with van der Waals surface area (Å²) in [5, 5.41) is 12.4. The van der Waals surface area contributed by atoms with Crippen LogP contribution in [0, 0.1) is 18.3 Å². The molecule has 0 atom stereocenters. The summed E-state index contributed by atoms with van der Waals surface area (Å²) in [4.78, 5) is 47.6. The first-order chi connectivity index (χ1) is 16.9. The van der Waals surface area contributed by atoms with Crippen LogP contribution in [0.5, 0.6) is 0 Å². The first-order valence-electron chi connectivity index (χ1n) is 12.6. The molecule has 2 aliphatic heterocycles. The van der Waals surface area contributed by atoms with Crippen molar-refractivity contribution < 1.29 is 9.59 Å². The SMILES string of the molecule is Cc1cc(Nc2cc(NC(=O)C3CCNCC3)ncn2)c(=O)n2c1C(=O)NC21CCC2(CC2)CC1. The van der Waals surface area contributed by atoms with Crippen molar-refractivity contribution in [1.29, 1.82) is 0 Å². The Morgan fingerprint density at radius 3 is 2.43 bits per heavy atom. The topological polar surface area (TPSA) is 130 Å². The third-order valence-corrected chi connectivity index (χ3v) is 8.37. The number of rotatable bonds is 4. The Morgan fingerprint density at radius 1 is 1.03 bits per heavy atom. The van der Waals surface area contributed by atoms with Crippen molar-refractivity contribution in [3.8, 4) is 0 Å². The number of aromatic nitrogens is 3. The smallest absolute Gasteiger partial charge is 0.276 e. The van der Waals surface area contributed by atoms with E-state index in [1.54, 1.807) is 16.7 Å². The number of hydrogen-bond donors (Lipinski definition) is 4. The number of nitrogens with zero attached hydrogens (tertiary/aromatic N) is 3. The predicted octanol–water partition coefficient (Wildman–Crippen LogP) is 2.38. The highest BCUT2D eigenvalue weighted by molar-refractivity contribution is 5.97. The van der Waals surface area contributed by atoms with Crippen molar-refractivity contribution in [3.05, 3.63) is 40.1 Å². The monoisotopic (exact) mass is 477 g/mol. The van der Waals surface area contributed by atoms with E-state index in [1.165, 1.54) is 19.2 Å². The number of carbonyl (C=O) groups excluding carboxylic acids is 2. The number of pyridine rings is 1. The van der Waals surface area contributed by atoms with E-state index in [2.05, 4.69) is 31.2 Å². The summed E-state index contributed by atoms with van der Waals surface area (Å²) < 4.78 is 1.68. The molecule has 2 spiro atoms. The summed E-state index contributed by atoms with van der Waals surface area (Å²) in [6.45, 7) is 3.51. The number of anilines is 3. The first kappa shape index (κ1) is 22.2. The van der Waals surface area contributed by atoms with E-state index in [0.29, 0.717) is 28.4 Å². The second-order valence-corrected chi connectivity index (χ2v) is 10.6. The Labute approximate surface area is 203 Å². The zero-order valence-corrected chi connectivity index (χ0v) is 19.9. The van der Waals surface area contributed by atoms with E-state index < -0.39 is 5.66 Å². The Balaban J connectivity index is 1.26. The molecule has 3 fully saturated rings. The van der Waals surface area contributed by atoms with Crippen LogP contribution in [0.25, 0.3) is 0 Å². The second-order valence-electron chi connectivity index (χ2n) is 10.6. The molecule has 6 rings (SSSR count). The standard InChI is InChI=1S/C25H31N7O3/c1-15-12-17(29-18-13-19(28-14-27-18)30-21(33)16-2-10-26-11-3-16)23(35)32-20(15)22(34)31-25(32)8-6-24(4-5-24)7-9-25/h12-14,16,26H,2-11H2,1H3,(H,31,34)(H2,27,28,29,30,33). The summed E-state index contributed by atoms with van der Waals surface area (Å²) in [6, 6.07) is 3.33. The van der Waals surface area contributed by atoms with Gasteiger partial charge in [-0.15, -0.1) is 0 Å². The minimum atomic E-state index is -0.653. The molecule has 4 aliphatic rings. The van der Waals surface area contributed by atoms with Gasteiger partial charge in [0.1, 0.15) is 35.0 Å². The molecule has 2 aromatic heterocycles. The molecule has 0 unspecified atom stereocenters. The number of fused-ring (bicyclic) bond motifs is 2. The van der Waals surface area contributed by atoms with Gasteiger partial charge in [0.05, 0.1) is 0 Å². The molecule has 2 saturated carbocycles. The third kappa shape index (κ3) is 3.89. The molecule has 4 heterocycles. The highest BCUT2D eigenvalue weighted by atomic mass is 16.2. The van der Waals surface area contributed by atoms with Crippen molar-refractivity contribution in [1.82, 2.24) is 25.2 Å². The van der Waals surface area contributed by atoms with Gasteiger partial charge in [0.15, 0.2) is 0 Å². The molecule has 0 radical (unpaired) electrons. The molecule has 184 valence electrons. The maximum atomic E-state index is 13.7. The van der Waals surface area contributed by atoms with Gasteiger partial charge in [-0.25, -0.2) is 9.97 Å². The van der Waals surface area contributed by atoms with Gasteiger partial charge in [0, 0.05) is 12.0 Å². The zero-order chi connectivity index (χ0) is 24.2. The van der Waals surface area contributed by atoms with E-state index in [0.717, 1.165) is 57.2 Å². The summed E-state index contributed by atoms with van der Waals surface area (Å²) >= 11 is 0. The van der Waals surface area contributed by atoms with Crippen molar-refractivity contribution in [2.45, 2.75) is 64.0 Å². The summed E-state index contributed by atoms with van der Waals surface area (Å²) in [5.41, 5.74) is 1.08. The molecule has 0 aromatic carbocycles. The quantitative estimate of drug-likeness (QED) is 0.532. The third-order valence-electron chi connectivity index (χ3n) is 8.37. The average molecular weight is 478 g/mol. The van der Waals surface area contributed by atoms with Crippen LogP contribution in [0.1, 0.15) is 67.4 Å². The van der Waals surface area contributed by atoms with Crippen molar-refractivity contribution >= 4 is 29.1 Å². The molecule has 1 saturated heterocycles. The van der Waals surface area contributed by atoms with Gasteiger partial charge in [-0.2, -0.15) is 0 Å². The molecule has 10 nitrogen and oxygen atoms in total. The fourth-order valence-corrected chi connectivity index (χ4v) is 6.01. The Hall–Kier alpha value is -3.27. The van der Waals surface area contributed by atoms with Gasteiger partial charge in [-0.05, 0) is 88.4 Å². The van der Waals surface area contributed by atoms with Crippen LogP contribution < -0.4 is 26.8 Å². The second kappa shape index (κ2) is 8.15. The van der Waals surface area contributed by atoms with Crippen LogP contribution in [-0.4, -0.2) is 39.4 Å². The zero-order valence-electron chi connectivity index (χ0n) is 19.9. The Bertz CT molecular complexity index is 1250. The average Bonchev–Trinajstić information content (AvgIpc) is 3.56. The molecular weight excluding hydrogens is 446 g/mol. The fourth-order valence-electron chi connectivity index (χ4n) is 6.01. The number of carbonyl (C=O) groups is 2. The lowest BCUT2D eigenvalue weighted by molar-refractivity contribution is -0.120. The molecule has 2 aromatic rings. The van der Waals surface area contributed by atoms with Crippen molar-refractivity contribution in [2.75, 3.05) is 23.7 Å². The highest BCUT2D eigenvalue weighted by Crippen LogP contribution is 2.59. The number of aryl methyl sites for hydroxylation is 1. The van der Waals surface area contributed by atoms with E-state index in [-0.39, 0.29) is 23.3 Å². The van der Waals surface area contributed by atoms with Crippen LogP contribution >= 0.6 is 0 Å². The van der Waals surface area contributed by atoms with Crippen LogP contribution in [0.15, 0.2) is 23.3 Å². The maximum absolute atomic E-state index is 13.7. The molecule has 2 aliphatic carbocycles. The molecular formula is C25H31N7O3. The van der Waals surface area contributed by atoms with Gasteiger partial charge in [0.2, 0.25) is 5.91 Å². The highest BCUT2D eigenvalue weighted by Gasteiger charge is 2.54. The lowest BCUT2D eigenvalue weighted by Crippen LogP contribution is -2.50. The number of piperidine rings is 1. The summed E-state index contributed by atoms with van der Waals surface area (Å²) in [5.74, 6) is 0.520. The fraction of sp³-hybridized carbons (Fsp3) is 0.560. The van der Waals surface area contributed by atoms with Gasteiger partial charge in [-0.1, -0.05) is 0 Å². The molecule has 35 heavy (non-hydrogen) atoms. The maximum Gasteiger partial charge on any atom is 0.276 e. The molecule has 4 N–H and O–H groups in total. The number of nitrogens with one attached hydrogen (secondary N) is 4. The van der Waals surface area contributed by atoms with Gasteiger partial charge >= 0.3 is 0 Å². The van der Waals surface area contributed by atoms with E-state index >= 15 is 0 Å². The molecule has 2 amide bonds. The van der Waals surface area contributed by atoms with Crippen LogP contribution in [0.2, 0.25) is 0 Å². The largest absolute Gasteiger partial charge is 0.336 e. The number of amides is 2. The van der Waals surface area contributed by atoms with Gasteiger partial charge in [0.25, 0.3) is 11.5 Å². The van der Waals surface area contributed by atoms with Crippen LogP contribution in [-0.2, 0) is 10.5 Å². The van der Waals surface area contributed by atoms with Crippen LogP contribution in [0.3, 0.4) is 0 Å². The van der Waals surface area contributed by atoms with Crippen LogP contribution in [0.4, 0.5) is 17.3 Å². The number of hydrogen-bond acceptors (Lipinski definition) is 7. The van der Waals surface area contributed by atoms with E-state index in [9.17, 15) is 14.4 Å². The molecule has 10 heteroatoms. The molecule has 0 bridgehead atoms. The van der Waals surface area contributed by atoms with Crippen molar-refractivity contribution in [3.63, 3.8) is 0 Å². The minimum absolute atomic E-state index is 0.0434. The Kier molecular flexibility index (Phi) is 5.17. The lowest BCUT2D eigenvalue weighted by Gasteiger charge is -2.39. The lowest BCUT2D eigenvalue weighted by atomic mass is 9.79. The normalized spacial score (nSPS) is 22.0. The van der Waals surface area contributed by atoms with Gasteiger partial charge < -0.3 is 21.3 Å². The minimum Gasteiger partial charge on any atom is -0.336 e. The summed E-state index contributed by atoms with van der Waals surface area (Å²) in [7, 11) is 0. The first-order valence-corrected chi connectivity index (χ1v) is 12.6. The predicted molar refractivity (Wildman–Crippen MR) is 131 cm³/mol.